The molecule has 7 aliphatic rings. The highest BCUT2D eigenvalue weighted by atomic mass is 15.1. The maximum atomic E-state index is 5.36. The Bertz CT molecular complexity index is 1430. The normalized spacial score (nSPS) is 31.9. The van der Waals surface area contributed by atoms with E-state index in [0.717, 1.165) is 84.8 Å². The average Bonchev–Trinajstić information content (AvgIpc) is 3.73. The van der Waals surface area contributed by atoms with Crippen LogP contribution in [0.3, 0.4) is 0 Å². The van der Waals surface area contributed by atoms with E-state index < -0.39 is 0 Å². The fraction of sp³-hybridized carbons (Fsp3) is 0.688. The smallest absolute Gasteiger partial charge is 0.137 e. The Hall–Kier alpha value is -2.90. The summed E-state index contributed by atoms with van der Waals surface area (Å²) in [5, 5.41) is 0. The van der Waals surface area contributed by atoms with Crippen molar-refractivity contribution < 1.29 is 0 Å². The van der Waals surface area contributed by atoms with E-state index in [0.29, 0.717) is 35.5 Å². The molecule has 0 radical (unpaired) electrons. The largest absolute Gasteiger partial charge is 0.331 e. The third-order valence-corrected chi connectivity index (χ3v) is 11.2. The zero-order valence-corrected chi connectivity index (χ0v) is 23.5. The molecule has 6 atom stereocenters. The summed E-state index contributed by atoms with van der Waals surface area (Å²) < 4.78 is 0. The van der Waals surface area contributed by atoms with Gasteiger partial charge in [-0.15, -0.1) is 0 Å². The van der Waals surface area contributed by atoms with Crippen LogP contribution >= 0.6 is 0 Å². The van der Waals surface area contributed by atoms with Gasteiger partial charge in [0.05, 0.1) is 0 Å². The summed E-state index contributed by atoms with van der Waals surface area (Å²) in [5.41, 5.74) is 4.70. The summed E-state index contributed by atoms with van der Waals surface area (Å²) >= 11 is 0. The van der Waals surface area contributed by atoms with E-state index in [4.69, 9.17) is 29.9 Å². The first-order chi connectivity index (χ1) is 19.8. The van der Waals surface area contributed by atoms with Crippen molar-refractivity contribution in [3.63, 3.8) is 0 Å². The SMILES string of the molecule is C1CCc2c(c3nc4nc(nc5[nH]c(nc6nc(nc2[nH]3)C2CCCCC62)C2CCCCC52)C2CCCCC42)C1. The van der Waals surface area contributed by atoms with E-state index in [1.165, 1.54) is 75.3 Å². The molecule has 2 aromatic heterocycles. The lowest BCUT2D eigenvalue weighted by atomic mass is 9.79. The number of hydrogen-bond acceptors (Lipinski definition) is 6. The average molecular weight is 537 g/mol. The van der Waals surface area contributed by atoms with Gasteiger partial charge in [-0.3, -0.25) is 0 Å². The zero-order chi connectivity index (χ0) is 26.2. The van der Waals surface area contributed by atoms with Crippen molar-refractivity contribution in [2.45, 2.75) is 138 Å². The molecule has 5 heterocycles. The van der Waals surface area contributed by atoms with Gasteiger partial charge in [-0.25, -0.2) is 29.9 Å². The number of aromatic amines is 2. The monoisotopic (exact) mass is 536 g/mol. The second-order valence-electron chi connectivity index (χ2n) is 13.5. The van der Waals surface area contributed by atoms with Crippen molar-refractivity contribution in [1.82, 2.24) is 39.9 Å². The van der Waals surface area contributed by atoms with Gasteiger partial charge < -0.3 is 9.97 Å². The summed E-state index contributed by atoms with van der Waals surface area (Å²) in [6, 6.07) is 0. The van der Waals surface area contributed by atoms with Gasteiger partial charge >= 0.3 is 0 Å². The summed E-state index contributed by atoms with van der Waals surface area (Å²) in [4.78, 5) is 39.3. The molecule has 0 aromatic carbocycles. The Kier molecular flexibility index (Phi) is 5.54. The van der Waals surface area contributed by atoms with Gasteiger partial charge in [-0.2, -0.15) is 0 Å². The van der Waals surface area contributed by atoms with E-state index in [1.54, 1.807) is 0 Å². The summed E-state index contributed by atoms with van der Waals surface area (Å²) in [7, 11) is 0. The lowest BCUT2D eigenvalue weighted by Crippen LogP contribution is -2.15. The Labute approximate surface area is 235 Å². The van der Waals surface area contributed by atoms with Crippen LogP contribution in [0.4, 0.5) is 0 Å². The summed E-state index contributed by atoms with van der Waals surface area (Å²) in [6.07, 6.45) is 19.1. The molecule has 2 N–H and O–H groups in total. The Morgan fingerprint density at radius 3 is 1.18 bits per heavy atom. The number of H-pyrrole nitrogens is 2. The number of rotatable bonds is 0. The minimum absolute atomic E-state index is 0.377. The van der Waals surface area contributed by atoms with Gasteiger partial charge in [0.15, 0.2) is 0 Å². The second-order valence-corrected chi connectivity index (χ2v) is 13.5. The third kappa shape index (κ3) is 3.69. The highest BCUT2D eigenvalue weighted by Crippen LogP contribution is 2.49. The standard InChI is InChI=1S/C32H40N8/c1-2-10-18-17(9-1)25-33-26(18)38-28-21-13-5-6-14-22(21)30(35-28)40-32-24-16-8-7-15-23(24)31(36-32)39-29-20-12-4-3-11-19(20)27(34-29)37-25/h17-22,36H,1-16H2,(H,33,34,35,37,38,39,40). The Morgan fingerprint density at radius 1 is 0.375 bits per heavy atom. The molecule has 0 amide bonds. The van der Waals surface area contributed by atoms with Crippen molar-refractivity contribution in [3.05, 3.63) is 46.1 Å². The lowest BCUT2D eigenvalue weighted by Gasteiger charge is -2.26. The van der Waals surface area contributed by atoms with Crippen LogP contribution < -0.4 is 0 Å². The van der Waals surface area contributed by atoms with E-state index in [1.807, 2.05) is 0 Å². The molecule has 9 rings (SSSR count). The highest BCUT2D eigenvalue weighted by Gasteiger charge is 2.41. The number of hydrogen-bond donors (Lipinski definition) is 2. The molecule has 3 saturated carbocycles. The van der Waals surface area contributed by atoms with Gasteiger partial charge in [0.25, 0.3) is 0 Å². The van der Waals surface area contributed by atoms with Crippen LogP contribution in [0, 0.1) is 0 Å². The Morgan fingerprint density at radius 2 is 0.750 bits per heavy atom. The molecule has 2 aromatic rings. The van der Waals surface area contributed by atoms with E-state index >= 15 is 0 Å². The molecule has 8 heteroatoms. The number of nitrogens with one attached hydrogen (secondary N) is 2. The molecule has 6 unspecified atom stereocenters. The maximum Gasteiger partial charge on any atom is 0.137 e. The first-order valence-corrected chi connectivity index (χ1v) is 16.3. The molecule has 8 nitrogen and oxygen atoms in total. The molecule has 3 aliphatic heterocycles. The van der Waals surface area contributed by atoms with E-state index in [9.17, 15) is 0 Å². The maximum absolute atomic E-state index is 5.36. The van der Waals surface area contributed by atoms with Crippen molar-refractivity contribution in [2.75, 3.05) is 0 Å². The number of aryl methyl sites for hydroxylation is 2. The topological polar surface area (TPSA) is 109 Å². The van der Waals surface area contributed by atoms with Gasteiger partial charge in [-0.05, 0) is 64.2 Å². The van der Waals surface area contributed by atoms with Crippen LogP contribution in [0.25, 0.3) is 11.3 Å². The molecular formula is C32H40N8. The van der Waals surface area contributed by atoms with Gasteiger partial charge in [-0.1, -0.05) is 38.5 Å². The highest BCUT2D eigenvalue weighted by molar-refractivity contribution is 5.66. The first-order valence-electron chi connectivity index (χ1n) is 16.3. The predicted molar refractivity (Wildman–Crippen MR) is 152 cm³/mol. The van der Waals surface area contributed by atoms with Crippen LogP contribution in [0.2, 0.25) is 0 Å². The van der Waals surface area contributed by atoms with E-state index in [2.05, 4.69) is 9.97 Å². The Balaban J connectivity index is 1.34. The number of nitrogens with zero attached hydrogens (tertiary/aromatic N) is 6. The number of fused-ring (bicyclic) bond motifs is 20. The molecular weight excluding hydrogens is 496 g/mol. The molecule has 3 fully saturated rings. The predicted octanol–water partition coefficient (Wildman–Crippen LogP) is 6.82. The zero-order valence-electron chi connectivity index (χ0n) is 23.5. The van der Waals surface area contributed by atoms with Crippen LogP contribution in [0.5, 0.6) is 0 Å². The minimum atomic E-state index is 0.377. The minimum Gasteiger partial charge on any atom is -0.331 e. The molecule has 0 saturated heterocycles. The molecule has 0 spiro atoms. The quantitative estimate of drug-likeness (QED) is 0.382. The third-order valence-electron chi connectivity index (χ3n) is 11.2. The van der Waals surface area contributed by atoms with Crippen LogP contribution in [0.1, 0.15) is 171 Å². The van der Waals surface area contributed by atoms with Crippen LogP contribution in [-0.2, 0) is 12.8 Å². The van der Waals surface area contributed by atoms with Crippen molar-refractivity contribution >= 4 is 11.3 Å². The fourth-order valence-electron chi connectivity index (χ4n) is 9.18. The van der Waals surface area contributed by atoms with Gasteiger partial charge in [0.1, 0.15) is 46.2 Å². The molecule has 208 valence electrons. The molecule has 8 bridgehead atoms. The van der Waals surface area contributed by atoms with Crippen molar-refractivity contribution in [2.24, 2.45) is 0 Å². The van der Waals surface area contributed by atoms with E-state index in [-0.39, 0.29) is 0 Å². The fourth-order valence-corrected chi connectivity index (χ4v) is 9.18. The molecule has 40 heavy (non-hydrogen) atoms. The van der Waals surface area contributed by atoms with Gasteiger partial charge in [0, 0.05) is 46.6 Å². The summed E-state index contributed by atoms with van der Waals surface area (Å²) in [5.74, 6) is 8.57. The second kappa shape index (κ2) is 9.31. The number of aromatic nitrogens is 8. The van der Waals surface area contributed by atoms with Crippen LogP contribution in [0.15, 0.2) is 0 Å². The van der Waals surface area contributed by atoms with Crippen molar-refractivity contribution in [3.8, 4) is 0 Å². The van der Waals surface area contributed by atoms with Crippen LogP contribution in [-0.4, -0.2) is 39.9 Å². The van der Waals surface area contributed by atoms with Crippen molar-refractivity contribution in [1.29, 1.82) is 0 Å². The van der Waals surface area contributed by atoms with Gasteiger partial charge in [0.2, 0.25) is 0 Å². The molecule has 4 aliphatic carbocycles. The lowest BCUT2D eigenvalue weighted by molar-refractivity contribution is 0.376. The first kappa shape index (κ1) is 23.8. The summed E-state index contributed by atoms with van der Waals surface area (Å²) in [6.45, 7) is 0.